The Morgan fingerprint density at radius 3 is 3.00 bits per heavy atom. The van der Waals surface area contributed by atoms with E-state index in [0.717, 1.165) is 5.56 Å². The summed E-state index contributed by atoms with van der Waals surface area (Å²) in [6.45, 7) is 1.80. The summed E-state index contributed by atoms with van der Waals surface area (Å²) in [6, 6.07) is 4.80. The van der Waals surface area contributed by atoms with Gasteiger partial charge in [0.15, 0.2) is 5.65 Å². The maximum atomic E-state index is 13.9. The third kappa shape index (κ3) is 1.50. The molecule has 5 nitrogen and oxygen atoms in total. The van der Waals surface area contributed by atoms with E-state index < -0.39 is 5.82 Å². The maximum absolute atomic E-state index is 13.9. The fourth-order valence-electron chi connectivity index (χ4n) is 1.82. The molecule has 0 aliphatic rings. The van der Waals surface area contributed by atoms with E-state index in [0.29, 0.717) is 11.0 Å². The van der Waals surface area contributed by atoms with Crippen molar-refractivity contribution in [2.45, 2.75) is 6.92 Å². The number of aryl methyl sites for hydroxylation is 1. The SMILES string of the molecule is Cc1ccc(-n2ncc3c(=O)[nH]cnc32)c(F)c1. The molecule has 0 spiro atoms. The molecule has 0 amide bonds. The van der Waals surface area contributed by atoms with E-state index in [1.54, 1.807) is 19.1 Å². The molecular weight excluding hydrogens is 235 g/mol. The molecule has 0 radical (unpaired) electrons. The highest BCUT2D eigenvalue weighted by Crippen LogP contribution is 2.17. The van der Waals surface area contributed by atoms with Crippen LogP contribution in [0.5, 0.6) is 0 Å². The summed E-state index contributed by atoms with van der Waals surface area (Å²) in [6.07, 6.45) is 2.65. The van der Waals surface area contributed by atoms with Gasteiger partial charge >= 0.3 is 0 Å². The van der Waals surface area contributed by atoms with E-state index in [1.807, 2.05) is 0 Å². The molecule has 0 saturated heterocycles. The monoisotopic (exact) mass is 244 g/mol. The number of fused-ring (bicyclic) bond motifs is 1. The molecule has 0 atom stereocenters. The van der Waals surface area contributed by atoms with Gasteiger partial charge in [0, 0.05) is 0 Å². The molecule has 18 heavy (non-hydrogen) atoms. The molecule has 90 valence electrons. The molecule has 0 unspecified atom stereocenters. The van der Waals surface area contributed by atoms with Crippen molar-refractivity contribution >= 4 is 11.0 Å². The second-order valence-electron chi connectivity index (χ2n) is 3.98. The first-order valence-electron chi connectivity index (χ1n) is 5.35. The number of halogens is 1. The normalized spacial score (nSPS) is 11.0. The van der Waals surface area contributed by atoms with Crippen molar-refractivity contribution < 1.29 is 4.39 Å². The number of benzene rings is 1. The third-order valence-corrected chi connectivity index (χ3v) is 2.70. The number of hydrogen-bond acceptors (Lipinski definition) is 3. The highest BCUT2D eigenvalue weighted by molar-refractivity contribution is 5.74. The van der Waals surface area contributed by atoms with Crippen LogP contribution in [0.3, 0.4) is 0 Å². The number of aromatic nitrogens is 4. The van der Waals surface area contributed by atoms with Crippen LogP contribution in [0.1, 0.15) is 5.56 Å². The van der Waals surface area contributed by atoms with Gasteiger partial charge in [0.05, 0.1) is 12.5 Å². The van der Waals surface area contributed by atoms with E-state index in [1.165, 1.54) is 23.3 Å². The summed E-state index contributed by atoms with van der Waals surface area (Å²) in [5, 5.41) is 4.34. The number of hydrogen-bond donors (Lipinski definition) is 1. The van der Waals surface area contributed by atoms with Gasteiger partial charge in [-0.25, -0.2) is 14.1 Å². The van der Waals surface area contributed by atoms with Crippen LogP contribution in [0, 0.1) is 12.7 Å². The number of aromatic amines is 1. The lowest BCUT2D eigenvalue weighted by Gasteiger charge is -2.04. The Bertz CT molecular complexity index is 790. The topological polar surface area (TPSA) is 63.6 Å². The van der Waals surface area contributed by atoms with E-state index in [2.05, 4.69) is 15.1 Å². The highest BCUT2D eigenvalue weighted by Gasteiger charge is 2.12. The smallest absolute Gasteiger partial charge is 0.261 e. The predicted octanol–water partition coefficient (Wildman–Crippen LogP) is 1.56. The van der Waals surface area contributed by atoms with Gasteiger partial charge < -0.3 is 4.98 Å². The summed E-state index contributed by atoms with van der Waals surface area (Å²) in [5.74, 6) is -0.401. The number of nitrogens with one attached hydrogen (secondary N) is 1. The summed E-state index contributed by atoms with van der Waals surface area (Å²) in [4.78, 5) is 18.0. The molecule has 3 aromatic rings. The summed E-state index contributed by atoms with van der Waals surface area (Å²) < 4.78 is 15.2. The molecule has 1 N–H and O–H groups in total. The summed E-state index contributed by atoms with van der Waals surface area (Å²) in [7, 11) is 0. The van der Waals surface area contributed by atoms with Crippen molar-refractivity contribution in [3.63, 3.8) is 0 Å². The Morgan fingerprint density at radius 2 is 2.22 bits per heavy atom. The van der Waals surface area contributed by atoms with Crippen molar-refractivity contribution in [3.8, 4) is 5.69 Å². The van der Waals surface area contributed by atoms with Crippen molar-refractivity contribution in [2.24, 2.45) is 0 Å². The van der Waals surface area contributed by atoms with E-state index in [-0.39, 0.29) is 11.2 Å². The molecule has 2 heterocycles. The molecule has 0 aliphatic heterocycles. The Hall–Kier alpha value is -2.50. The zero-order valence-electron chi connectivity index (χ0n) is 9.51. The van der Waals surface area contributed by atoms with Crippen molar-refractivity contribution in [2.75, 3.05) is 0 Å². The highest BCUT2D eigenvalue weighted by atomic mass is 19.1. The summed E-state index contributed by atoms with van der Waals surface area (Å²) in [5.41, 5.74) is 1.13. The van der Waals surface area contributed by atoms with Gasteiger partial charge in [0.2, 0.25) is 0 Å². The third-order valence-electron chi connectivity index (χ3n) is 2.70. The van der Waals surface area contributed by atoms with Crippen LogP contribution in [-0.4, -0.2) is 19.7 Å². The molecule has 0 saturated carbocycles. The largest absolute Gasteiger partial charge is 0.312 e. The molecule has 0 bridgehead atoms. The van der Waals surface area contributed by atoms with Gasteiger partial charge in [-0.2, -0.15) is 5.10 Å². The van der Waals surface area contributed by atoms with Crippen molar-refractivity contribution in [1.29, 1.82) is 0 Å². The Labute approximate surface area is 101 Å². The lowest BCUT2D eigenvalue weighted by Crippen LogP contribution is -2.07. The minimum Gasteiger partial charge on any atom is -0.312 e. The van der Waals surface area contributed by atoms with Crippen LogP contribution in [-0.2, 0) is 0 Å². The first kappa shape index (κ1) is 10.6. The van der Waals surface area contributed by atoms with Gasteiger partial charge in [-0.05, 0) is 24.6 Å². The van der Waals surface area contributed by atoms with Gasteiger partial charge in [0.1, 0.15) is 16.9 Å². The zero-order chi connectivity index (χ0) is 12.7. The van der Waals surface area contributed by atoms with E-state index >= 15 is 0 Å². The Kier molecular flexibility index (Phi) is 2.22. The van der Waals surface area contributed by atoms with Crippen molar-refractivity contribution in [3.05, 3.63) is 52.5 Å². The summed E-state index contributed by atoms with van der Waals surface area (Å²) >= 11 is 0. The maximum Gasteiger partial charge on any atom is 0.261 e. The fraction of sp³-hybridized carbons (Fsp3) is 0.0833. The van der Waals surface area contributed by atoms with E-state index in [9.17, 15) is 9.18 Å². The van der Waals surface area contributed by atoms with Crippen LogP contribution in [0.2, 0.25) is 0 Å². The fourth-order valence-corrected chi connectivity index (χ4v) is 1.82. The standard InChI is InChI=1S/C12H9FN4O/c1-7-2-3-10(9(13)4-7)17-11-8(5-16-17)12(18)15-6-14-11/h2-6H,1H3,(H,14,15,18). The average Bonchev–Trinajstić information content (AvgIpc) is 2.74. The molecule has 0 aliphatic carbocycles. The lowest BCUT2D eigenvalue weighted by molar-refractivity contribution is 0.611. The molecule has 6 heteroatoms. The average molecular weight is 244 g/mol. The molecule has 1 aromatic carbocycles. The first-order chi connectivity index (χ1) is 8.66. The second-order valence-corrected chi connectivity index (χ2v) is 3.98. The number of rotatable bonds is 1. The predicted molar refractivity (Wildman–Crippen MR) is 64.2 cm³/mol. The van der Waals surface area contributed by atoms with Crippen LogP contribution in [0.15, 0.2) is 35.5 Å². The zero-order valence-corrected chi connectivity index (χ0v) is 9.51. The molecule has 2 aromatic heterocycles. The second kappa shape index (κ2) is 3.76. The Balaban J connectivity index is 2.32. The van der Waals surface area contributed by atoms with Crippen LogP contribution < -0.4 is 5.56 Å². The number of H-pyrrole nitrogens is 1. The van der Waals surface area contributed by atoms with Gasteiger partial charge in [-0.15, -0.1) is 0 Å². The van der Waals surface area contributed by atoms with Gasteiger partial charge in [-0.3, -0.25) is 4.79 Å². The quantitative estimate of drug-likeness (QED) is 0.706. The minimum atomic E-state index is -0.401. The van der Waals surface area contributed by atoms with Crippen molar-refractivity contribution in [1.82, 2.24) is 19.7 Å². The van der Waals surface area contributed by atoms with Crippen LogP contribution in [0.4, 0.5) is 4.39 Å². The van der Waals surface area contributed by atoms with Gasteiger partial charge in [0.25, 0.3) is 5.56 Å². The van der Waals surface area contributed by atoms with E-state index in [4.69, 9.17) is 0 Å². The van der Waals surface area contributed by atoms with Crippen LogP contribution >= 0.6 is 0 Å². The Morgan fingerprint density at radius 1 is 1.39 bits per heavy atom. The molecule has 0 fully saturated rings. The van der Waals surface area contributed by atoms with Crippen LogP contribution in [0.25, 0.3) is 16.7 Å². The lowest BCUT2D eigenvalue weighted by atomic mass is 10.2. The van der Waals surface area contributed by atoms with Gasteiger partial charge in [-0.1, -0.05) is 6.07 Å². The molecule has 3 rings (SSSR count). The minimum absolute atomic E-state index is 0.272. The number of nitrogens with zero attached hydrogens (tertiary/aromatic N) is 3. The molecular formula is C12H9FN4O. The first-order valence-corrected chi connectivity index (χ1v) is 5.35.